The number of hydrogen-bond acceptors (Lipinski definition) is 3. The fourth-order valence-electron chi connectivity index (χ4n) is 1.84. The van der Waals surface area contributed by atoms with Gasteiger partial charge in [0, 0.05) is 6.54 Å². The third-order valence-electron chi connectivity index (χ3n) is 3.17. The van der Waals surface area contributed by atoms with E-state index in [4.69, 9.17) is 5.26 Å². The van der Waals surface area contributed by atoms with E-state index in [1.54, 1.807) is 0 Å². The molecule has 0 saturated heterocycles. The third kappa shape index (κ3) is 3.21. The second kappa shape index (κ2) is 5.86. The molecule has 0 atom stereocenters. The molecule has 0 aromatic carbocycles. The molecule has 16 heavy (non-hydrogen) atoms. The molecule has 0 aromatic rings. The van der Waals surface area contributed by atoms with Crippen molar-refractivity contribution in [3.63, 3.8) is 0 Å². The first-order chi connectivity index (χ1) is 7.60. The van der Waals surface area contributed by atoms with E-state index >= 15 is 0 Å². The van der Waals surface area contributed by atoms with E-state index in [1.165, 1.54) is 0 Å². The van der Waals surface area contributed by atoms with Crippen LogP contribution in [0.4, 0.5) is 0 Å². The van der Waals surface area contributed by atoms with E-state index in [2.05, 4.69) is 16.3 Å². The molecular formula is C12H21N3O. The van der Waals surface area contributed by atoms with Crippen LogP contribution in [-0.2, 0) is 4.79 Å². The zero-order chi connectivity index (χ0) is 12.0. The van der Waals surface area contributed by atoms with E-state index in [9.17, 15) is 4.79 Å². The van der Waals surface area contributed by atoms with Crippen molar-refractivity contribution < 1.29 is 4.79 Å². The lowest BCUT2D eigenvalue weighted by atomic mass is 9.69. The molecule has 1 N–H and O–H groups in total. The second-order valence-electron chi connectivity index (χ2n) is 4.81. The van der Waals surface area contributed by atoms with E-state index in [-0.39, 0.29) is 5.91 Å². The minimum Gasteiger partial charge on any atom is -0.355 e. The summed E-state index contributed by atoms with van der Waals surface area (Å²) in [4.78, 5) is 13.9. The van der Waals surface area contributed by atoms with E-state index in [1.807, 2.05) is 14.1 Å². The van der Waals surface area contributed by atoms with E-state index < -0.39 is 5.41 Å². The van der Waals surface area contributed by atoms with Gasteiger partial charge in [0.2, 0.25) is 5.91 Å². The minimum absolute atomic E-state index is 0.0638. The van der Waals surface area contributed by atoms with Crippen LogP contribution in [0.5, 0.6) is 0 Å². The number of carbonyl (C=O) groups excluding carboxylic acids is 1. The maximum atomic E-state index is 11.7. The Balaban J connectivity index is 2.14. The Morgan fingerprint density at radius 3 is 2.56 bits per heavy atom. The van der Waals surface area contributed by atoms with Gasteiger partial charge in [0.25, 0.3) is 0 Å². The van der Waals surface area contributed by atoms with Crippen molar-refractivity contribution in [2.45, 2.75) is 32.1 Å². The highest BCUT2D eigenvalue weighted by molar-refractivity contribution is 5.86. The minimum atomic E-state index is -0.693. The Labute approximate surface area is 97.6 Å². The number of unbranched alkanes of at least 4 members (excludes halogenated alkanes) is 1. The molecule has 0 unspecified atom stereocenters. The SMILES string of the molecule is CN(C)CCCCNC(=O)C1(C#N)CCC1. The summed E-state index contributed by atoms with van der Waals surface area (Å²) >= 11 is 0. The summed E-state index contributed by atoms with van der Waals surface area (Å²) in [6, 6.07) is 2.15. The van der Waals surface area contributed by atoms with Gasteiger partial charge in [-0.25, -0.2) is 0 Å². The topological polar surface area (TPSA) is 56.1 Å². The van der Waals surface area contributed by atoms with Gasteiger partial charge in [-0.1, -0.05) is 0 Å². The van der Waals surface area contributed by atoms with Crippen molar-refractivity contribution in [1.29, 1.82) is 5.26 Å². The van der Waals surface area contributed by atoms with Gasteiger partial charge in [0.05, 0.1) is 6.07 Å². The zero-order valence-electron chi connectivity index (χ0n) is 10.3. The van der Waals surface area contributed by atoms with Crippen molar-refractivity contribution in [3.05, 3.63) is 0 Å². The van der Waals surface area contributed by atoms with Crippen molar-refractivity contribution in [3.8, 4) is 6.07 Å². The molecule has 0 radical (unpaired) electrons. The van der Waals surface area contributed by atoms with Crippen LogP contribution in [0.15, 0.2) is 0 Å². The lowest BCUT2D eigenvalue weighted by Gasteiger charge is -2.33. The molecule has 0 aromatic heterocycles. The van der Waals surface area contributed by atoms with Crippen LogP contribution in [-0.4, -0.2) is 38.0 Å². The predicted molar refractivity (Wildman–Crippen MR) is 62.7 cm³/mol. The van der Waals surface area contributed by atoms with E-state index in [0.29, 0.717) is 6.54 Å². The molecule has 0 heterocycles. The second-order valence-corrected chi connectivity index (χ2v) is 4.81. The van der Waals surface area contributed by atoms with Gasteiger partial charge < -0.3 is 10.2 Å². The van der Waals surface area contributed by atoms with Gasteiger partial charge in [0.1, 0.15) is 5.41 Å². The van der Waals surface area contributed by atoms with Gasteiger partial charge in [-0.15, -0.1) is 0 Å². The highest BCUT2D eigenvalue weighted by Gasteiger charge is 2.44. The maximum Gasteiger partial charge on any atom is 0.240 e. The fourth-order valence-corrected chi connectivity index (χ4v) is 1.84. The van der Waals surface area contributed by atoms with Crippen molar-refractivity contribution in [1.82, 2.24) is 10.2 Å². The number of nitrogens with zero attached hydrogens (tertiary/aromatic N) is 2. The quantitative estimate of drug-likeness (QED) is 0.687. The highest BCUT2D eigenvalue weighted by Crippen LogP contribution is 2.40. The summed E-state index contributed by atoms with van der Waals surface area (Å²) in [6.07, 6.45) is 4.51. The monoisotopic (exact) mass is 223 g/mol. The number of rotatable bonds is 6. The van der Waals surface area contributed by atoms with Gasteiger partial charge in [-0.2, -0.15) is 5.26 Å². The molecule has 0 aliphatic heterocycles. The molecule has 1 amide bonds. The zero-order valence-corrected chi connectivity index (χ0v) is 10.3. The molecule has 90 valence electrons. The number of nitriles is 1. The van der Waals surface area contributed by atoms with Crippen LogP contribution < -0.4 is 5.32 Å². The summed E-state index contributed by atoms with van der Waals surface area (Å²) in [6.45, 7) is 1.73. The van der Waals surface area contributed by atoms with Gasteiger partial charge in [0.15, 0.2) is 0 Å². The van der Waals surface area contributed by atoms with Crippen molar-refractivity contribution >= 4 is 5.91 Å². The molecule has 0 bridgehead atoms. The summed E-state index contributed by atoms with van der Waals surface area (Å²) in [7, 11) is 4.08. The lowest BCUT2D eigenvalue weighted by Crippen LogP contribution is -2.45. The number of amides is 1. The Kier molecular flexibility index (Phi) is 4.75. The lowest BCUT2D eigenvalue weighted by molar-refractivity contribution is -0.131. The first-order valence-corrected chi connectivity index (χ1v) is 5.95. The van der Waals surface area contributed by atoms with Crippen LogP contribution in [0.1, 0.15) is 32.1 Å². The van der Waals surface area contributed by atoms with Crippen molar-refractivity contribution in [2.75, 3.05) is 27.2 Å². The predicted octanol–water partition coefficient (Wildman–Crippen LogP) is 1.14. The van der Waals surface area contributed by atoms with Gasteiger partial charge >= 0.3 is 0 Å². The fraction of sp³-hybridized carbons (Fsp3) is 0.833. The Hall–Kier alpha value is -1.08. The molecule has 0 spiro atoms. The molecule has 4 heteroatoms. The van der Waals surface area contributed by atoms with Crippen molar-refractivity contribution in [2.24, 2.45) is 5.41 Å². The standard InChI is InChI=1S/C12H21N3O/c1-15(2)9-4-3-8-14-11(16)12(10-13)6-5-7-12/h3-9H2,1-2H3,(H,14,16). The van der Waals surface area contributed by atoms with Crippen LogP contribution in [0.25, 0.3) is 0 Å². The van der Waals surface area contributed by atoms with Crippen LogP contribution >= 0.6 is 0 Å². The average Bonchev–Trinajstić information content (AvgIpc) is 2.16. The third-order valence-corrected chi connectivity index (χ3v) is 3.17. The summed E-state index contributed by atoms with van der Waals surface area (Å²) in [5.41, 5.74) is -0.693. The Bertz CT molecular complexity index is 276. The molecular weight excluding hydrogens is 202 g/mol. The molecule has 1 fully saturated rings. The van der Waals surface area contributed by atoms with Gasteiger partial charge in [-0.3, -0.25) is 4.79 Å². The number of hydrogen-bond donors (Lipinski definition) is 1. The molecule has 4 nitrogen and oxygen atoms in total. The number of nitrogens with one attached hydrogen (secondary N) is 1. The normalized spacial score (nSPS) is 17.6. The summed E-state index contributed by atoms with van der Waals surface area (Å²) in [5, 5.41) is 11.8. The number of carbonyl (C=O) groups is 1. The van der Waals surface area contributed by atoms with Crippen LogP contribution in [0, 0.1) is 16.7 Å². The summed E-state index contributed by atoms with van der Waals surface area (Å²) in [5.74, 6) is -0.0638. The smallest absolute Gasteiger partial charge is 0.240 e. The van der Waals surface area contributed by atoms with Crippen LogP contribution in [0.3, 0.4) is 0 Å². The Morgan fingerprint density at radius 2 is 2.12 bits per heavy atom. The summed E-state index contributed by atoms with van der Waals surface area (Å²) < 4.78 is 0. The molecule has 1 rings (SSSR count). The van der Waals surface area contributed by atoms with Crippen LogP contribution in [0.2, 0.25) is 0 Å². The highest BCUT2D eigenvalue weighted by atomic mass is 16.2. The molecule has 1 aliphatic rings. The average molecular weight is 223 g/mol. The largest absolute Gasteiger partial charge is 0.355 e. The molecule has 1 saturated carbocycles. The van der Waals surface area contributed by atoms with E-state index in [0.717, 1.165) is 38.6 Å². The Morgan fingerprint density at radius 1 is 1.44 bits per heavy atom. The first-order valence-electron chi connectivity index (χ1n) is 5.95. The first kappa shape index (κ1) is 13.0. The van der Waals surface area contributed by atoms with Gasteiger partial charge in [-0.05, 0) is 52.7 Å². The maximum absolute atomic E-state index is 11.7. The molecule has 1 aliphatic carbocycles.